The topological polar surface area (TPSA) is 7.76 Å². The van der Waals surface area contributed by atoms with Crippen LogP contribution in [-0.4, -0.2) is 0 Å². The first-order valence-electron chi connectivity index (χ1n) is 11.4. The smallest absolute Gasteiger partial charge is 0.202 e. The Morgan fingerprint density at radius 3 is 2.34 bits per heavy atom. The van der Waals surface area contributed by atoms with Gasteiger partial charge in [0, 0.05) is 60.9 Å². The van der Waals surface area contributed by atoms with Crippen LogP contribution in [0, 0.1) is 13.8 Å². The number of hydrogen-bond acceptors (Lipinski definition) is 0. The van der Waals surface area contributed by atoms with Crippen LogP contribution in [0.5, 0.6) is 0 Å². The average molecular weight is 389 g/mol. The van der Waals surface area contributed by atoms with Crippen LogP contribution in [0.4, 0.5) is 0 Å². The Morgan fingerprint density at radius 1 is 0.931 bits per heavy atom. The molecular formula is C27H36N2+2. The molecule has 0 bridgehead atoms. The van der Waals surface area contributed by atoms with Crippen LogP contribution in [0.3, 0.4) is 0 Å². The summed E-state index contributed by atoms with van der Waals surface area (Å²) in [7, 11) is 0. The Morgan fingerprint density at radius 2 is 1.62 bits per heavy atom. The molecule has 1 aliphatic carbocycles. The highest BCUT2D eigenvalue weighted by Crippen LogP contribution is 2.51. The predicted molar refractivity (Wildman–Crippen MR) is 121 cm³/mol. The van der Waals surface area contributed by atoms with Gasteiger partial charge in [-0.1, -0.05) is 52.7 Å². The van der Waals surface area contributed by atoms with E-state index in [0.717, 1.165) is 13.1 Å². The van der Waals surface area contributed by atoms with Crippen molar-refractivity contribution in [3.63, 3.8) is 0 Å². The summed E-state index contributed by atoms with van der Waals surface area (Å²) >= 11 is 0. The van der Waals surface area contributed by atoms with Crippen LogP contribution in [0.15, 0.2) is 36.5 Å². The third-order valence-corrected chi connectivity index (χ3v) is 6.92. The van der Waals surface area contributed by atoms with Gasteiger partial charge in [0.2, 0.25) is 5.52 Å². The van der Waals surface area contributed by atoms with Crippen LogP contribution in [-0.2, 0) is 18.5 Å². The molecule has 0 fully saturated rings. The first kappa shape index (κ1) is 20.1. The Labute approximate surface area is 176 Å². The van der Waals surface area contributed by atoms with Gasteiger partial charge in [-0.15, -0.1) is 0 Å². The standard InChI is InChI=1S/C27H36N2/c1-7-9-15-28-18-23-22(17-19(28)3)25-21-13-11-12-14-24(21)29(16-10-8-2)20(4)26(25)27(23,5)6/h11-14,17-18H,7-10,15-16H2,1-6H3/q+2. The van der Waals surface area contributed by atoms with Crippen LogP contribution in [0.2, 0.25) is 0 Å². The molecule has 0 N–H and O–H groups in total. The highest BCUT2D eigenvalue weighted by atomic mass is 15.0. The summed E-state index contributed by atoms with van der Waals surface area (Å²) < 4.78 is 5.04. The number of para-hydroxylation sites is 1. The van der Waals surface area contributed by atoms with Crippen molar-refractivity contribution in [2.24, 2.45) is 0 Å². The van der Waals surface area contributed by atoms with Gasteiger partial charge in [0.25, 0.3) is 0 Å². The molecule has 0 amide bonds. The molecule has 2 heteroatoms. The van der Waals surface area contributed by atoms with Crippen molar-refractivity contribution < 1.29 is 9.13 Å². The second kappa shape index (κ2) is 7.55. The number of aromatic nitrogens is 2. The molecule has 1 aliphatic rings. The van der Waals surface area contributed by atoms with Crippen LogP contribution >= 0.6 is 0 Å². The summed E-state index contributed by atoms with van der Waals surface area (Å²) in [4.78, 5) is 0. The molecule has 0 spiro atoms. The minimum absolute atomic E-state index is 0.0222. The monoisotopic (exact) mass is 388 g/mol. The lowest BCUT2D eigenvalue weighted by atomic mass is 9.81. The number of hydrogen-bond donors (Lipinski definition) is 0. The fraction of sp³-hybridized carbons (Fsp3) is 0.481. The molecule has 0 unspecified atom stereocenters. The highest BCUT2D eigenvalue weighted by molar-refractivity contribution is 5.99. The van der Waals surface area contributed by atoms with Gasteiger partial charge in [-0.05, 0) is 11.6 Å². The third-order valence-electron chi connectivity index (χ3n) is 6.92. The van der Waals surface area contributed by atoms with Crippen LogP contribution in [0.25, 0.3) is 22.0 Å². The molecular weight excluding hydrogens is 352 g/mol. The van der Waals surface area contributed by atoms with Crippen LogP contribution < -0.4 is 9.13 Å². The minimum atomic E-state index is 0.0222. The quantitative estimate of drug-likeness (QED) is 0.462. The lowest BCUT2D eigenvalue weighted by Crippen LogP contribution is -2.41. The molecule has 0 saturated carbocycles. The zero-order chi connectivity index (χ0) is 20.8. The maximum Gasteiger partial charge on any atom is 0.213 e. The predicted octanol–water partition coefficient (Wildman–Crippen LogP) is 5.94. The zero-order valence-corrected chi connectivity index (χ0v) is 19.1. The molecule has 2 heterocycles. The van der Waals surface area contributed by atoms with Gasteiger partial charge in [0.05, 0.1) is 5.39 Å². The van der Waals surface area contributed by atoms with Crippen molar-refractivity contribution in [3.8, 4) is 11.1 Å². The van der Waals surface area contributed by atoms with Crippen LogP contribution in [0.1, 0.15) is 75.9 Å². The fourth-order valence-corrected chi connectivity index (χ4v) is 5.31. The van der Waals surface area contributed by atoms with Gasteiger partial charge in [0.15, 0.2) is 17.6 Å². The maximum absolute atomic E-state index is 2.57. The minimum Gasteiger partial charge on any atom is -0.202 e. The zero-order valence-electron chi connectivity index (χ0n) is 19.1. The van der Waals surface area contributed by atoms with E-state index in [2.05, 4.69) is 87.2 Å². The molecule has 0 atom stereocenters. The van der Waals surface area contributed by atoms with Crippen molar-refractivity contribution in [2.75, 3.05) is 0 Å². The number of unbranched alkanes of at least 4 members (excludes halogenated alkanes) is 2. The average Bonchev–Trinajstić information content (AvgIpc) is 2.93. The van der Waals surface area contributed by atoms with Crippen molar-refractivity contribution in [2.45, 2.75) is 85.7 Å². The largest absolute Gasteiger partial charge is 0.213 e. The number of aryl methyl sites for hydroxylation is 3. The number of fused-ring (bicyclic) bond motifs is 5. The van der Waals surface area contributed by atoms with Gasteiger partial charge in [-0.25, -0.2) is 4.57 Å². The Balaban J connectivity index is 2.03. The van der Waals surface area contributed by atoms with Gasteiger partial charge in [-0.2, -0.15) is 4.57 Å². The van der Waals surface area contributed by atoms with Crippen molar-refractivity contribution >= 4 is 10.9 Å². The summed E-state index contributed by atoms with van der Waals surface area (Å²) in [6.45, 7) is 16.2. The van der Waals surface area contributed by atoms with Gasteiger partial charge in [0.1, 0.15) is 13.1 Å². The lowest BCUT2D eigenvalue weighted by Gasteiger charge is -2.21. The molecule has 29 heavy (non-hydrogen) atoms. The first-order valence-corrected chi connectivity index (χ1v) is 11.4. The molecule has 0 radical (unpaired) electrons. The van der Waals surface area contributed by atoms with E-state index in [1.807, 2.05) is 0 Å². The molecule has 0 aliphatic heterocycles. The summed E-state index contributed by atoms with van der Waals surface area (Å²) in [6.07, 6.45) is 7.35. The van der Waals surface area contributed by atoms with E-state index in [1.165, 1.54) is 70.2 Å². The van der Waals surface area contributed by atoms with E-state index in [0.29, 0.717) is 0 Å². The van der Waals surface area contributed by atoms with Gasteiger partial charge >= 0.3 is 0 Å². The summed E-state index contributed by atoms with van der Waals surface area (Å²) in [6, 6.07) is 11.5. The van der Waals surface area contributed by atoms with E-state index >= 15 is 0 Å². The molecule has 0 saturated heterocycles. The second-order valence-electron chi connectivity index (χ2n) is 9.27. The second-order valence-corrected chi connectivity index (χ2v) is 9.27. The molecule has 152 valence electrons. The van der Waals surface area contributed by atoms with Crippen molar-refractivity contribution in [1.29, 1.82) is 0 Å². The van der Waals surface area contributed by atoms with Crippen molar-refractivity contribution in [3.05, 3.63) is 59.0 Å². The van der Waals surface area contributed by atoms with E-state index in [-0.39, 0.29) is 5.41 Å². The maximum atomic E-state index is 2.57. The SMILES string of the molecule is CCCC[n+]1cc2c(cc1C)-c1c(c(C)[n+](CCCC)c3ccccc13)C2(C)C. The number of rotatable bonds is 6. The molecule has 4 rings (SSSR count). The van der Waals surface area contributed by atoms with E-state index in [9.17, 15) is 0 Å². The van der Waals surface area contributed by atoms with Gasteiger partial charge in [-0.3, -0.25) is 0 Å². The third kappa shape index (κ3) is 3.08. The van der Waals surface area contributed by atoms with Gasteiger partial charge < -0.3 is 0 Å². The summed E-state index contributed by atoms with van der Waals surface area (Å²) in [5.74, 6) is 0. The normalized spacial score (nSPS) is 14.3. The van der Waals surface area contributed by atoms with E-state index in [1.54, 1.807) is 0 Å². The molecule has 2 aromatic heterocycles. The number of nitrogens with zero attached hydrogens (tertiary/aromatic N) is 2. The van der Waals surface area contributed by atoms with E-state index < -0.39 is 0 Å². The Hall–Kier alpha value is -2.22. The first-order chi connectivity index (χ1) is 13.9. The van der Waals surface area contributed by atoms with Crippen molar-refractivity contribution in [1.82, 2.24) is 0 Å². The summed E-state index contributed by atoms with van der Waals surface area (Å²) in [5, 5.41) is 1.40. The van der Waals surface area contributed by atoms with E-state index in [4.69, 9.17) is 0 Å². The number of benzene rings is 1. The summed E-state index contributed by atoms with van der Waals surface area (Å²) in [5.41, 5.74) is 10.1. The Kier molecular flexibility index (Phi) is 5.23. The molecule has 2 nitrogen and oxygen atoms in total. The fourth-order valence-electron chi connectivity index (χ4n) is 5.31. The Bertz CT molecular complexity index is 1080. The molecule has 1 aromatic carbocycles. The number of pyridine rings is 2. The highest BCUT2D eigenvalue weighted by Gasteiger charge is 2.44. The molecule has 3 aromatic rings. The lowest BCUT2D eigenvalue weighted by molar-refractivity contribution is -0.703.